The molecule has 4 nitrogen and oxygen atoms in total. The van der Waals surface area contributed by atoms with Crippen molar-refractivity contribution in [1.82, 2.24) is 5.43 Å². The molecular formula is C10H12N4S. The Bertz CT molecular complexity index is 369. The van der Waals surface area contributed by atoms with Crippen LogP contribution in [0, 0.1) is 11.5 Å². The third-order valence-corrected chi connectivity index (χ3v) is 2.32. The van der Waals surface area contributed by atoms with Gasteiger partial charge in [0.1, 0.15) is 0 Å². The van der Waals surface area contributed by atoms with Gasteiger partial charge in [-0.25, -0.2) is 0 Å². The third kappa shape index (κ3) is 3.52. The van der Waals surface area contributed by atoms with Crippen LogP contribution >= 0.6 is 11.8 Å². The Morgan fingerprint density at radius 3 is 2.67 bits per heavy atom. The molecular weight excluding hydrogens is 208 g/mol. The van der Waals surface area contributed by atoms with Crippen molar-refractivity contribution in [3.63, 3.8) is 0 Å². The first-order chi connectivity index (χ1) is 7.27. The lowest BCUT2D eigenvalue weighted by Gasteiger charge is -2.20. The zero-order valence-corrected chi connectivity index (χ0v) is 9.45. The first-order valence-electron chi connectivity index (χ1n) is 4.34. The minimum Gasteiger partial charge on any atom is -0.289 e. The van der Waals surface area contributed by atoms with E-state index in [1.807, 2.05) is 48.6 Å². The van der Waals surface area contributed by atoms with Crippen LogP contribution in [0.4, 0.5) is 5.69 Å². The van der Waals surface area contributed by atoms with Gasteiger partial charge in [-0.15, -0.1) is 4.99 Å². The van der Waals surface area contributed by atoms with Crippen LogP contribution in [0.15, 0.2) is 35.3 Å². The highest BCUT2D eigenvalue weighted by Gasteiger charge is 2.02. The van der Waals surface area contributed by atoms with Crippen LogP contribution < -0.4 is 10.4 Å². The van der Waals surface area contributed by atoms with Crippen LogP contribution in [-0.4, -0.2) is 18.5 Å². The Labute approximate surface area is 93.6 Å². The van der Waals surface area contributed by atoms with Gasteiger partial charge in [-0.1, -0.05) is 30.0 Å². The lowest BCUT2D eigenvalue weighted by Crippen LogP contribution is -2.37. The minimum atomic E-state index is 0.573. The molecule has 0 heterocycles. The van der Waals surface area contributed by atoms with Crippen LogP contribution in [0.5, 0.6) is 0 Å². The van der Waals surface area contributed by atoms with Gasteiger partial charge in [-0.3, -0.25) is 10.4 Å². The van der Waals surface area contributed by atoms with E-state index in [9.17, 15) is 0 Å². The normalized spacial score (nSPS) is 10.6. The van der Waals surface area contributed by atoms with E-state index >= 15 is 0 Å². The van der Waals surface area contributed by atoms with Crippen molar-refractivity contribution in [2.24, 2.45) is 4.99 Å². The van der Waals surface area contributed by atoms with Gasteiger partial charge >= 0.3 is 0 Å². The van der Waals surface area contributed by atoms with Crippen LogP contribution in [0.3, 0.4) is 0 Å². The fourth-order valence-corrected chi connectivity index (χ4v) is 1.38. The Morgan fingerprint density at radius 1 is 1.47 bits per heavy atom. The van der Waals surface area contributed by atoms with Crippen LogP contribution in [-0.2, 0) is 0 Å². The van der Waals surface area contributed by atoms with Crippen LogP contribution in [0.2, 0.25) is 0 Å². The summed E-state index contributed by atoms with van der Waals surface area (Å²) >= 11 is 1.39. The van der Waals surface area contributed by atoms with E-state index in [0.29, 0.717) is 5.17 Å². The first-order valence-corrected chi connectivity index (χ1v) is 5.56. The summed E-state index contributed by atoms with van der Waals surface area (Å²) in [5.41, 5.74) is 4.02. The SMILES string of the molecule is CSC(=NC#N)NN(C)c1ccccc1. The van der Waals surface area contributed by atoms with Crippen molar-refractivity contribution < 1.29 is 0 Å². The third-order valence-electron chi connectivity index (χ3n) is 1.75. The molecule has 0 saturated heterocycles. The molecule has 0 unspecified atom stereocenters. The number of nitrogens with one attached hydrogen (secondary N) is 1. The predicted octanol–water partition coefficient (Wildman–Crippen LogP) is 1.83. The van der Waals surface area contributed by atoms with Gasteiger partial charge in [0.05, 0.1) is 5.69 Å². The number of nitrogens with zero attached hydrogens (tertiary/aromatic N) is 3. The molecule has 0 bridgehead atoms. The van der Waals surface area contributed by atoms with Crippen molar-refractivity contribution in [3.05, 3.63) is 30.3 Å². The summed E-state index contributed by atoms with van der Waals surface area (Å²) in [5, 5.41) is 10.8. The molecule has 78 valence electrons. The summed E-state index contributed by atoms with van der Waals surface area (Å²) in [4.78, 5) is 3.64. The van der Waals surface area contributed by atoms with E-state index in [4.69, 9.17) is 5.26 Å². The van der Waals surface area contributed by atoms with Crippen LogP contribution in [0.25, 0.3) is 0 Å². The fourth-order valence-electron chi connectivity index (χ4n) is 1.02. The Balaban J connectivity index is 2.68. The second-order valence-electron chi connectivity index (χ2n) is 2.73. The van der Waals surface area contributed by atoms with Crippen molar-refractivity contribution in [3.8, 4) is 6.19 Å². The van der Waals surface area contributed by atoms with E-state index in [2.05, 4.69) is 10.4 Å². The summed E-state index contributed by atoms with van der Waals surface area (Å²) in [6.07, 6.45) is 3.62. The van der Waals surface area contributed by atoms with Crippen molar-refractivity contribution in [2.45, 2.75) is 0 Å². The minimum absolute atomic E-state index is 0.573. The molecule has 1 N–H and O–H groups in total. The molecule has 1 rings (SSSR count). The second-order valence-corrected chi connectivity index (χ2v) is 3.52. The number of nitriles is 1. The Morgan fingerprint density at radius 2 is 2.13 bits per heavy atom. The molecule has 0 atom stereocenters. The van der Waals surface area contributed by atoms with E-state index < -0.39 is 0 Å². The lowest BCUT2D eigenvalue weighted by atomic mass is 10.3. The maximum atomic E-state index is 8.44. The maximum absolute atomic E-state index is 8.44. The van der Waals surface area contributed by atoms with Crippen molar-refractivity contribution in [1.29, 1.82) is 5.26 Å². The lowest BCUT2D eigenvalue weighted by molar-refractivity contribution is 0.890. The average Bonchev–Trinajstić information content (AvgIpc) is 2.29. The highest BCUT2D eigenvalue weighted by Crippen LogP contribution is 2.09. The van der Waals surface area contributed by atoms with E-state index in [0.717, 1.165) is 5.69 Å². The first kappa shape index (κ1) is 11.4. The molecule has 0 spiro atoms. The van der Waals surface area contributed by atoms with Crippen molar-refractivity contribution >= 4 is 22.6 Å². The molecule has 5 heteroatoms. The van der Waals surface area contributed by atoms with Crippen LogP contribution in [0.1, 0.15) is 0 Å². The highest BCUT2D eigenvalue weighted by atomic mass is 32.2. The number of thioether (sulfide) groups is 1. The Hall–Kier alpha value is -1.67. The maximum Gasteiger partial charge on any atom is 0.208 e. The second kappa shape index (κ2) is 5.94. The number of para-hydroxylation sites is 1. The number of hydrogen-bond acceptors (Lipinski definition) is 4. The molecule has 0 aliphatic carbocycles. The smallest absolute Gasteiger partial charge is 0.208 e. The molecule has 0 saturated carbocycles. The van der Waals surface area contributed by atoms with Gasteiger partial charge in [0.15, 0.2) is 5.17 Å². The van der Waals surface area contributed by atoms with Crippen molar-refractivity contribution in [2.75, 3.05) is 18.3 Å². The zero-order valence-electron chi connectivity index (χ0n) is 8.64. The Kier molecular flexibility index (Phi) is 4.51. The summed E-state index contributed by atoms with van der Waals surface area (Å²) in [5.74, 6) is 0. The molecule has 1 aromatic carbocycles. The molecule has 1 aromatic rings. The summed E-state index contributed by atoms with van der Waals surface area (Å²) in [6.45, 7) is 0. The van der Waals surface area contributed by atoms with Gasteiger partial charge < -0.3 is 0 Å². The number of anilines is 1. The molecule has 15 heavy (non-hydrogen) atoms. The number of hydrogen-bond donors (Lipinski definition) is 1. The highest BCUT2D eigenvalue weighted by molar-refractivity contribution is 8.13. The largest absolute Gasteiger partial charge is 0.289 e. The van der Waals surface area contributed by atoms with Gasteiger partial charge in [-0.2, -0.15) is 5.26 Å². The van der Waals surface area contributed by atoms with Gasteiger partial charge in [0, 0.05) is 7.05 Å². The predicted molar refractivity (Wildman–Crippen MR) is 64.5 cm³/mol. The summed E-state index contributed by atoms with van der Waals surface area (Å²) < 4.78 is 0. The van der Waals surface area contributed by atoms with E-state index in [1.54, 1.807) is 6.19 Å². The number of benzene rings is 1. The monoisotopic (exact) mass is 220 g/mol. The van der Waals surface area contributed by atoms with Gasteiger partial charge in [-0.05, 0) is 18.4 Å². The van der Waals surface area contributed by atoms with Gasteiger partial charge in [0.25, 0.3) is 0 Å². The standard InChI is InChI=1S/C10H12N4S/c1-14(9-6-4-3-5-7-9)13-10(15-2)12-8-11/h3-7H,1-2H3,(H,12,13). The van der Waals surface area contributed by atoms with E-state index in [1.165, 1.54) is 11.8 Å². The summed E-state index contributed by atoms with van der Waals surface area (Å²) in [7, 11) is 1.87. The molecule has 0 aromatic heterocycles. The molecule has 0 amide bonds. The topological polar surface area (TPSA) is 51.4 Å². The van der Waals surface area contributed by atoms with E-state index in [-0.39, 0.29) is 0 Å². The quantitative estimate of drug-likeness (QED) is 0.357. The molecule has 0 aliphatic rings. The molecule has 0 fully saturated rings. The molecule has 0 aliphatic heterocycles. The number of rotatable bonds is 2. The number of amidine groups is 1. The summed E-state index contributed by atoms with van der Waals surface area (Å²) in [6, 6.07) is 9.80. The average molecular weight is 220 g/mol. The molecule has 0 radical (unpaired) electrons. The fraction of sp³-hybridized carbons (Fsp3) is 0.200. The number of hydrazine groups is 1. The zero-order chi connectivity index (χ0) is 11.1. The van der Waals surface area contributed by atoms with Gasteiger partial charge in [0.2, 0.25) is 6.19 Å². The number of aliphatic imine (C=N–C) groups is 1.